The lowest BCUT2D eigenvalue weighted by Crippen LogP contribution is -2.47. The summed E-state index contributed by atoms with van der Waals surface area (Å²) in [7, 11) is 0. The highest BCUT2D eigenvalue weighted by atomic mass is 16.6. The molecule has 1 aromatic carbocycles. The molecule has 0 aromatic heterocycles. The van der Waals surface area contributed by atoms with Gasteiger partial charge in [0.2, 0.25) is 0 Å². The summed E-state index contributed by atoms with van der Waals surface area (Å²) in [5.41, 5.74) is 0.0518. The minimum Gasteiger partial charge on any atom is -0.480 e. The molecule has 1 aliphatic rings. The van der Waals surface area contributed by atoms with Crippen LogP contribution in [0.3, 0.4) is 0 Å². The summed E-state index contributed by atoms with van der Waals surface area (Å²) < 4.78 is 5.41. The Hall–Kier alpha value is -2.64. The van der Waals surface area contributed by atoms with Crippen LogP contribution in [0.15, 0.2) is 18.2 Å². The number of anilines is 1. The van der Waals surface area contributed by atoms with Gasteiger partial charge in [-0.2, -0.15) is 0 Å². The van der Waals surface area contributed by atoms with E-state index in [4.69, 9.17) is 9.84 Å². The summed E-state index contributed by atoms with van der Waals surface area (Å²) in [5.74, 6) is -1.48. The van der Waals surface area contributed by atoms with Gasteiger partial charge in [0.05, 0.1) is 16.7 Å². The number of nitro groups is 1. The topological polar surface area (TPSA) is 110 Å². The van der Waals surface area contributed by atoms with Crippen LogP contribution in [-0.2, 0) is 9.59 Å². The standard InChI is InChI=1S/C12H12N2O6/c1-2-9-12(17)13(6-11(15)16)8-4-3-7(14(18)19)5-10(8)20-9/h3-5,9H,2,6H2,1H3,(H,15,16). The molecule has 1 atom stereocenters. The lowest BCUT2D eigenvalue weighted by molar-refractivity contribution is -0.384. The van der Waals surface area contributed by atoms with Gasteiger partial charge < -0.3 is 9.84 Å². The largest absolute Gasteiger partial charge is 0.480 e. The second kappa shape index (κ2) is 5.16. The number of hydrogen-bond donors (Lipinski definition) is 1. The maximum Gasteiger partial charge on any atom is 0.323 e. The minimum absolute atomic E-state index is 0.145. The molecule has 1 amide bonds. The van der Waals surface area contributed by atoms with Crippen LogP contribution in [0.5, 0.6) is 5.75 Å². The minimum atomic E-state index is -1.17. The maximum absolute atomic E-state index is 12.1. The van der Waals surface area contributed by atoms with Crippen LogP contribution in [-0.4, -0.2) is 34.6 Å². The first-order chi connectivity index (χ1) is 9.43. The van der Waals surface area contributed by atoms with E-state index in [1.165, 1.54) is 18.2 Å². The number of aliphatic carboxylic acids is 1. The Morgan fingerprint density at radius 1 is 1.55 bits per heavy atom. The van der Waals surface area contributed by atoms with Crippen molar-refractivity contribution in [3.05, 3.63) is 28.3 Å². The molecule has 1 unspecified atom stereocenters. The highest BCUT2D eigenvalue weighted by Gasteiger charge is 2.35. The number of ether oxygens (including phenoxy) is 1. The smallest absolute Gasteiger partial charge is 0.323 e. The summed E-state index contributed by atoms with van der Waals surface area (Å²) in [6.07, 6.45) is -0.485. The van der Waals surface area contributed by atoms with Crippen molar-refractivity contribution in [2.45, 2.75) is 19.4 Å². The summed E-state index contributed by atoms with van der Waals surface area (Å²) >= 11 is 0. The number of amides is 1. The first-order valence-electron chi connectivity index (χ1n) is 5.92. The van der Waals surface area contributed by atoms with Gasteiger partial charge in [-0.25, -0.2) is 0 Å². The number of benzene rings is 1. The second-order valence-electron chi connectivity index (χ2n) is 4.24. The van der Waals surface area contributed by atoms with E-state index in [9.17, 15) is 19.7 Å². The fourth-order valence-electron chi connectivity index (χ4n) is 1.99. The Morgan fingerprint density at radius 3 is 2.80 bits per heavy atom. The Bertz CT molecular complexity index is 585. The van der Waals surface area contributed by atoms with E-state index in [2.05, 4.69) is 0 Å². The maximum atomic E-state index is 12.1. The third kappa shape index (κ3) is 2.40. The van der Waals surface area contributed by atoms with Crippen molar-refractivity contribution in [2.24, 2.45) is 0 Å². The van der Waals surface area contributed by atoms with Gasteiger partial charge >= 0.3 is 5.97 Å². The number of hydrogen-bond acceptors (Lipinski definition) is 5. The van der Waals surface area contributed by atoms with Gasteiger partial charge in [0, 0.05) is 6.07 Å². The summed E-state index contributed by atoms with van der Waals surface area (Å²) in [5, 5.41) is 19.6. The van der Waals surface area contributed by atoms with Crippen molar-refractivity contribution in [1.82, 2.24) is 0 Å². The molecule has 0 fully saturated rings. The van der Waals surface area contributed by atoms with Crippen LogP contribution >= 0.6 is 0 Å². The average molecular weight is 280 g/mol. The number of nitro benzene ring substituents is 1. The first-order valence-corrected chi connectivity index (χ1v) is 5.92. The van der Waals surface area contributed by atoms with E-state index >= 15 is 0 Å². The third-order valence-electron chi connectivity index (χ3n) is 2.92. The predicted molar refractivity (Wildman–Crippen MR) is 67.8 cm³/mol. The van der Waals surface area contributed by atoms with E-state index in [0.717, 1.165) is 4.90 Å². The molecular weight excluding hydrogens is 268 g/mol. The van der Waals surface area contributed by atoms with E-state index in [0.29, 0.717) is 6.42 Å². The average Bonchev–Trinajstić information content (AvgIpc) is 2.40. The Balaban J connectivity index is 2.47. The monoisotopic (exact) mass is 280 g/mol. The molecule has 0 spiro atoms. The van der Waals surface area contributed by atoms with E-state index in [1.54, 1.807) is 6.92 Å². The van der Waals surface area contributed by atoms with Gasteiger partial charge in [-0.3, -0.25) is 24.6 Å². The summed E-state index contributed by atoms with van der Waals surface area (Å²) in [6.45, 7) is 1.20. The van der Waals surface area contributed by atoms with Gasteiger partial charge in [0.1, 0.15) is 6.54 Å². The SMILES string of the molecule is CCC1Oc2cc([N+](=O)[O-])ccc2N(CC(=O)O)C1=O. The fraction of sp³-hybridized carbons (Fsp3) is 0.333. The van der Waals surface area contributed by atoms with Gasteiger partial charge in [0.25, 0.3) is 11.6 Å². The van der Waals surface area contributed by atoms with Crippen molar-refractivity contribution in [1.29, 1.82) is 0 Å². The quantitative estimate of drug-likeness (QED) is 0.655. The molecule has 0 radical (unpaired) electrons. The molecule has 106 valence electrons. The second-order valence-corrected chi connectivity index (χ2v) is 4.24. The number of carboxylic acids is 1. The van der Waals surface area contributed by atoms with E-state index in [1.807, 2.05) is 0 Å². The van der Waals surface area contributed by atoms with Crippen molar-refractivity contribution in [2.75, 3.05) is 11.4 Å². The molecule has 0 aliphatic carbocycles. The normalized spacial score (nSPS) is 17.4. The molecule has 1 heterocycles. The van der Waals surface area contributed by atoms with Gasteiger partial charge in [-0.1, -0.05) is 6.92 Å². The number of rotatable bonds is 4. The highest BCUT2D eigenvalue weighted by Crippen LogP contribution is 2.37. The molecule has 0 saturated heterocycles. The number of carbonyl (C=O) groups is 2. The van der Waals surface area contributed by atoms with Crippen molar-refractivity contribution in [3.63, 3.8) is 0 Å². The van der Waals surface area contributed by atoms with Crippen molar-refractivity contribution in [3.8, 4) is 5.75 Å². The number of carboxylic acid groups (broad SMARTS) is 1. The molecule has 2 rings (SSSR count). The molecular formula is C12H12N2O6. The van der Waals surface area contributed by atoms with Crippen LogP contribution in [0.1, 0.15) is 13.3 Å². The zero-order valence-corrected chi connectivity index (χ0v) is 10.6. The Kier molecular flexibility index (Phi) is 3.55. The predicted octanol–water partition coefficient (Wildman–Crippen LogP) is 1.18. The van der Waals surface area contributed by atoms with Crippen LogP contribution in [0.2, 0.25) is 0 Å². The highest BCUT2D eigenvalue weighted by molar-refractivity contribution is 6.03. The molecule has 1 N–H and O–H groups in total. The van der Waals surface area contributed by atoms with Crippen LogP contribution in [0.25, 0.3) is 0 Å². The van der Waals surface area contributed by atoms with Gasteiger partial charge in [0.15, 0.2) is 11.9 Å². The zero-order valence-electron chi connectivity index (χ0n) is 10.6. The summed E-state index contributed by atoms with van der Waals surface area (Å²) in [6, 6.07) is 3.72. The third-order valence-corrected chi connectivity index (χ3v) is 2.92. The molecule has 8 nitrogen and oxygen atoms in total. The Morgan fingerprint density at radius 2 is 2.25 bits per heavy atom. The molecule has 0 saturated carbocycles. The van der Waals surface area contributed by atoms with Crippen LogP contribution < -0.4 is 9.64 Å². The Labute approximate surface area is 113 Å². The van der Waals surface area contributed by atoms with E-state index < -0.39 is 29.4 Å². The summed E-state index contributed by atoms with van der Waals surface area (Å²) in [4.78, 5) is 34.2. The molecule has 1 aromatic rings. The number of nitrogens with zero attached hydrogens (tertiary/aromatic N) is 2. The van der Waals surface area contributed by atoms with Crippen molar-refractivity contribution < 1.29 is 24.4 Å². The zero-order chi connectivity index (χ0) is 14.9. The fourth-order valence-corrected chi connectivity index (χ4v) is 1.99. The lowest BCUT2D eigenvalue weighted by Gasteiger charge is -2.32. The first kappa shape index (κ1) is 13.8. The van der Waals surface area contributed by atoms with Gasteiger partial charge in [-0.15, -0.1) is 0 Å². The van der Waals surface area contributed by atoms with Crippen LogP contribution in [0, 0.1) is 10.1 Å². The van der Waals surface area contributed by atoms with Gasteiger partial charge in [-0.05, 0) is 12.5 Å². The van der Waals surface area contributed by atoms with Crippen LogP contribution in [0.4, 0.5) is 11.4 Å². The van der Waals surface area contributed by atoms with E-state index in [-0.39, 0.29) is 17.1 Å². The lowest BCUT2D eigenvalue weighted by atomic mass is 10.1. The molecule has 20 heavy (non-hydrogen) atoms. The molecule has 0 bridgehead atoms. The molecule has 8 heteroatoms. The number of fused-ring (bicyclic) bond motifs is 1. The number of carbonyl (C=O) groups excluding carboxylic acids is 1. The number of non-ortho nitro benzene ring substituents is 1. The van der Waals surface area contributed by atoms with Crippen molar-refractivity contribution >= 4 is 23.3 Å². The molecule has 1 aliphatic heterocycles.